The van der Waals surface area contributed by atoms with E-state index in [9.17, 15) is 0 Å². The fourth-order valence-corrected chi connectivity index (χ4v) is 24.4. The first-order chi connectivity index (χ1) is 71.3. The molecule has 0 radical (unpaired) electrons. The van der Waals surface area contributed by atoms with Crippen LogP contribution in [0.3, 0.4) is 0 Å². The minimum absolute atomic E-state index is 0. The standard InChI is InChI=1S/C45H33N3.C44H36N4O.C42H30N4O.3Pt/c1-2-15-39-34(10-1)11-6-9-32-20-24-43(46-29-32)37-22-23-41-40-16-3-4-17-44(40)48(45(41)28-37)38-14-7-13-36(27-38)42-25-21-33(30-47-42)19-18-31-8-5-12-35(39)26-31;1-3-7-39-35(5-1)37-20-18-33-26-41(37)47(39)43-22-17-32(28-46-43)16-14-30-11-9-29(10-12-30)13-15-31-23-24-45-44(25-31)48-40-8-4-2-6-36(40)38-21-19-34(49-33)27-42(38)48;1-3-11-36-30(9-1)33-23-34-31-10-2-4-12-37(31)46-39(34)24-38(33)45(36)40-13-6-14-42(44-40)47-28-17-18-29-27-8-5-7-25(19-27)15-16-26-20-35(32(29)22-28)43-41(46)21-26;;;/h1-5,7-8,10,12-17,20-26,29-30H,6,9,11,18-19H2;1-8,17-25,28-30H,9-16H2;1-4,6,9-14,17-18,20-21,23,25,27H,5,7-8,15-16,19H2;;;/q3*-2;3*+2. The number of rotatable bonds is 0. The average molecular weight is 2440 g/mol. The molecule has 16 heteroatoms. The monoisotopic (exact) mass is 2440 g/mol. The van der Waals surface area contributed by atoms with E-state index in [0.717, 1.165) is 208 Å². The number of aromatic nitrogens is 11. The molecule has 25 aromatic rings. The Bertz CT molecular complexity index is 9490. The molecule has 31 bridgehead atoms. The predicted octanol–water partition coefficient (Wildman–Crippen LogP) is 31.6. The molecule has 10 aliphatic rings. The molecule has 3 aliphatic carbocycles. The number of fused-ring (bicyclic) bond motifs is 24. The van der Waals surface area contributed by atoms with Crippen LogP contribution >= 0.6 is 0 Å². The van der Waals surface area contributed by atoms with Crippen LogP contribution in [0.2, 0.25) is 0 Å². The molecule has 0 saturated heterocycles. The minimum Gasteiger partial charge on any atom is -0.509 e. The van der Waals surface area contributed by atoms with Gasteiger partial charge < -0.3 is 41.6 Å². The van der Waals surface area contributed by atoms with Gasteiger partial charge in [0.1, 0.15) is 22.9 Å². The molecular weight excluding hydrogens is 2340 g/mol. The Labute approximate surface area is 894 Å². The Morgan fingerprint density at radius 1 is 0.306 bits per heavy atom. The zero-order chi connectivity index (χ0) is 94.8. The van der Waals surface area contributed by atoms with Gasteiger partial charge in [0.15, 0.2) is 0 Å². The Morgan fingerprint density at radius 2 is 0.871 bits per heavy atom. The summed E-state index contributed by atoms with van der Waals surface area (Å²) in [6, 6.07) is 137. The van der Waals surface area contributed by atoms with E-state index in [1.165, 1.54) is 159 Å². The molecule has 2 fully saturated rings. The van der Waals surface area contributed by atoms with Crippen LogP contribution < -0.4 is 4.74 Å². The van der Waals surface area contributed by atoms with E-state index in [0.29, 0.717) is 28.7 Å². The summed E-state index contributed by atoms with van der Waals surface area (Å²) >= 11 is 0. The van der Waals surface area contributed by atoms with Crippen LogP contribution in [0.4, 0.5) is 0 Å². The summed E-state index contributed by atoms with van der Waals surface area (Å²) in [5.41, 5.74) is 32.2. The maximum absolute atomic E-state index is 6.56. The van der Waals surface area contributed by atoms with Crippen LogP contribution in [-0.4, -0.2) is 52.4 Å². The fourth-order valence-electron chi connectivity index (χ4n) is 24.4. The molecule has 720 valence electrons. The van der Waals surface area contributed by atoms with Crippen LogP contribution in [0.1, 0.15) is 127 Å². The van der Waals surface area contributed by atoms with Crippen molar-refractivity contribution in [2.24, 2.45) is 17.8 Å². The number of nitrogens with zero attached hydrogens (tertiary/aromatic N) is 11. The smallest absolute Gasteiger partial charge is 0.509 e. The first-order valence-corrected chi connectivity index (χ1v) is 51.4. The predicted molar refractivity (Wildman–Crippen MR) is 583 cm³/mol. The first kappa shape index (κ1) is 93.5. The molecule has 2 unspecified atom stereocenters. The topological polar surface area (TPSA) is 123 Å². The van der Waals surface area contributed by atoms with Gasteiger partial charge in [-0.25, -0.2) is 9.97 Å². The molecule has 19 heterocycles. The van der Waals surface area contributed by atoms with E-state index in [2.05, 4.69) is 362 Å². The van der Waals surface area contributed by atoms with Crippen LogP contribution in [-0.2, 0) is 108 Å². The number of hydrogen-bond acceptors (Lipinski definition) is 8. The number of ether oxygens (including phenoxy) is 1. The Kier molecular flexibility index (Phi) is 25.2. The molecule has 35 rings (SSSR count). The molecule has 2 saturated carbocycles. The molecule has 0 spiro atoms. The SMILES string of the molecule is [Pt+2].[Pt+2].[Pt+2].[c-]1c2ccc3c1c1cc(cc(n1)n1c4[c-]c5c(cc4c4ccccc41)c1ccccc1n5c1cccc(n1)o2)CCC1CCCC3C1.[c-]1c2ccc3c4ccccc4n(c13)-c1ccc(cn1)CCC1CCC(CCc3ccnc(c3)-n3c4[c-]c(ccc4c4ccccc43)O2)CC1.[c-]1c2cccc1-n1c3[c-]c(ccc3c3ccccc31)-c1ccc(cn1)CCCc1ccccc1-c1cccc(c1)CCc1ccc-2nc1. The van der Waals surface area contributed by atoms with E-state index in [4.69, 9.17) is 39.1 Å². The molecule has 7 aliphatic heterocycles. The number of para-hydroxylation sites is 5. The average Bonchev–Trinajstić information content (AvgIpc) is 1.56. The van der Waals surface area contributed by atoms with Gasteiger partial charge in [0.05, 0.1) is 0 Å². The molecule has 13 nitrogen and oxygen atoms in total. The van der Waals surface area contributed by atoms with Gasteiger partial charge in [-0.3, -0.25) is 4.98 Å². The van der Waals surface area contributed by atoms with E-state index in [1.807, 2.05) is 42.9 Å². The first-order valence-electron chi connectivity index (χ1n) is 51.4. The summed E-state index contributed by atoms with van der Waals surface area (Å²) in [5.74, 6) is 5.91. The summed E-state index contributed by atoms with van der Waals surface area (Å²) in [4.78, 5) is 30.3. The van der Waals surface area contributed by atoms with Crippen LogP contribution in [0, 0.1) is 54.2 Å². The number of pyridine rings is 6. The maximum Gasteiger partial charge on any atom is 2.00 e. The molecule has 2 atom stereocenters. The van der Waals surface area contributed by atoms with Crippen molar-refractivity contribution in [1.82, 2.24) is 52.4 Å². The third-order valence-electron chi connectivity index (χ3n) is 31.6. The van der Waals surface area contributed by atoms with Crippen LogP contribution in [0.15, 0.2) is 351 Å². The van der Waals surface area contributed by atoms with Gasteiger partial charge in [0.25, 0.3) is 0 Å². The van der Waals surface area contributed by atoms with Crippen molar-refractivity contribution >= 4 is 143 Å². The Balaban J connectivity index is 0.000000114. The van der Waals surface area contributed by atoms with Crippen molar-refractivity contribution in [2.75, 3.05) is 0 Å². The van der Waals surface area contributed by atoms with Crippen molar-refractivity contribution in [3.05, 3.63) is 427 Å². The van der Waals surface area contributed by atoms with Gasteiger partial charge in [0, 0.05) is 75.5 Å². The molecule has 13 aromatic carbocycles. The molecule has 147 heavy (non-hydrogen) atoms. The fraction of sp³-hybridized carbons (Fsp3) is 0.176. The van der Waals surface area contributed by atoms with Crippen LogP contribution in [0.5, 0.6) is 11.5 Å². The number of benzene rings is 13. The maximum atomic E-state index is 6.56. The van der Waals surface area contributed by atoms with E-state index >= 15 is 0 Å². The molecule has 0 amide bonds. The van der Waals surface area contributed by atoms with Crippen molar-refractivity contribution in [2.45, 2.75) is 128 Å². The largest absolute Gasteiger partial charge is 2.00 e. The molecule has 12 aromatic heterocycles. The van der Waals surface area contributed by atoms with E-state index < -0.39 is 0 Å². The normalized spacial score (nSPS) is 16.1. The summed E-state index contributed by atoms with van der Waals surface area (Å²) < 4.78 is 24.4. The Morgan fingerprint density at radius 3 is 1.56 bits per heavy atom. The molecular formula is C131H99N11O2Pt3. The number of hydrogen-bond donors (Lipinski definition) is 0. The third kappa shape index (κ3) is 17.4. The summed E-state index contributed by atoms with van der Waals surface area (Å²) in [5, 5.41) is 12.7. The van der Waals surface area contributed by atoms with E-state index in [1.54, 1.807) is 0 Å². The minimum atomic E-state index is 0. The summed E-state index contributed by atoms with van der Waals surface area (Å²) in [6.07, 6.45) is 30.3. The second-order valence-corrected chi connectivity index (χ2v) is 40.3. The third-order valence-corrected chi connectivity index (χ3v) is 31.6. The second kappa shape index (κ2) is 39.7. The summed E-state index contributed by atoms with van der Waals surface area (Å²) in [7, 11) is 0. The second-order valence-electron chi connectivity index (χ2n) is 40.3. The zero-order valence-corrected chi connectivity index (χ0v) is 87.7. The number of aryl methyl sites for hydroxylation is 7. The van der Waals surface area contributed by atoms with Gasteiger partial charge in [-0.1, -0.05) is 278 Å². The van der Waals surface area contributed by atoms with Gasteiger partial charge in [-0.2, -0.15) is 23.2 Å². The van der Waals surface area contributed by atoms with Crippen molar-refractivity contribution < 1.29 is 72.3 Å². The van der Waals surface area contributed by atoms with Gasteiger partial charge in [-0.05, 0) is 249 Å². The van der Waals surface area contributed by atoms with Crippen molar-refractivity contribution in [3.8, 4) is 62.5 Å². The quantitative estimate of drug-likeness (QED) is 0.138. The van der Waals surface area contributed by atoms with Gasteiger partial charge >= 0.3 is 63.2 Å². The van der Waals surface area contributed by atoms with Crippen LogP contribution in [0.25, 0.3) is 193 Å². The molecule has 0 N–H and O–H groups in total. The van der Waals surface area contributed by atoms with E-state index in [-0.39, 0.29) is 63.2 Å². The Hall–Kier alpha value is -14.6. The summed E-state index contributed by atoms with van der Waals surface area (Å²) in [6.45, 7) is 0. The zero-order valence-electron chi connectivity index (χ0n) is 80.8. The van der Waals surface area contributed by atoms with Crippen molar-refractivity contribution in [3.63, 3.8) is 0 Å². The van der Waals surface area contributed by atoms with Crippen molar-refractivity contribution in [1.29, 1.82) is 0 Å². The van der Waals surface area contributed by atoms with Gasteiger partial charge in [-0.15, -0.1) is 129 Å². The van der Waals surface area contributed by atoms with Gasteiger partial charge in [0.2, 0.25) is 5.71 Å².